The minimum Gasteiger partial charge on any atom is -0.487 e. The summed E-state index contributed by atoms with van der Waals surface area (Å²) >= 11 is 6.65. The number of ether oxygens (including phenoxy) is 2. The Morgan fingerprint density at radius 2 is 1.82 bits per heavy atom. The summed E-state index contributed by atoms with van der Waals surface area (Å²) in [7, 11) is 0. The molecule has 2 fully saturated rings. The molecule has 2 aliphatic rings. The fourth-order valence-corrected chi connectivity index (χ4v) is 5.88. The number of benzene rings is 2. The molecule has 2 amide bonds. The molecule has 1 heterocycles. The molecule has 2 N–H and O–H groups in total. The first-order chi connectivity index (χ1) is 18.5. The van der Waals surface area contributed by atoms with Crippen molar-refractivity contribution in [2.24, 2.45) is 0 Å². The lowest BCUT2D eigenvalue weighted by Crippen LogP contribution is -2.54. The number of halogens is 1. The Hall–Kier alpha value is -2.77. The van der Waals surface area contributed by atoms with E-state index in [2.05, 4.69) is 5.32 Å². The van der Waals surface area contributed by atoms with Crippen LogP contribution in [0, 0.1) is 0 Å². The Morgan fingerprint density at radius 3 is 2.49 bits per heavy atom. The molecule has 0 radical (unpaired) electrons. The molecule has 7 nitrogen and oxygen atoms in total. The van der Waals surface area contributed by atoms with Crippen molar-refractivity contribution in [3.05, 3.63) is 64.7 Å². The van der Waals surface area contributed by atoms with Crippen LogP contribution in [0.2, 0.25) is 5.02 Å². The fourth-order valence-electron chi connectivity index (χ4n) is 5.64. The van der Waals surface area contributed by atoms with Gasteiger partial charge in [-0.1, -0.05) is 67.3 Å². The van der Waals surface area contributed by atoms with Gasteiger partial charge in [-0.05, 0) is 69.7 Å². The van der Waals surface area contributed by atoms with Gasteiger partial charge in [-0.15, -0.1) is 0 Å². The third-order valence-corrected chi connectivity index (χ3v) is 7.78. The van der Waals surface area contributed by atoms with Crippen molar-refractivity contribution in [2.45, 2.75) is 95.5 Å². The van der Waals surface area contributed by atoms with Crippen molar-refractivity contribution >= 4 is 23.6 Å². The Balaban J connectivity index is 1.52. The summed E-state index contributed by atoms with van der Waals surface area (Å²) in [6, 6.07) is 15.0. The van der Waals surface area contributed by atoms with E-state index in [0.29, 0.717) is 48.9 Å². The molecule has 8 heteroatoms. The van der Waals surface area contributed by atoms with E-state index in [1.807, 2.05) is 57.2 Å². The highest BCUT2D eigenvalue weighted by Crippen LogP contribution is 2.43. The highest BCUT2D eigenvalue weighted by atomic mass is 35.5. The molecule has 1 unspecified atom stereocenters. The maximum atomic E-state index is 14.1. The van der Waals surface area contributed by atoms with Crippen LogP contribution in [0.1, 0.15) is 82.8 Å². The zero-order valence-corrected chi connectivity index (χ0v) is 24.0. The van der Waals surface area contributed by atoms with E-state index in [1.54, 1.807) is 17.0 Å². The lowest BCUT2D eigenvalue weighted by molar-refractivity contribution is -0.143. The second-order valence-corrected chi connectivity index (χ2v) is 12.2. The van der Waals surface area contributed by atoms with Gasteiger partial charge in [0.25, 0.3) is 0 Å². The predicted octanol–water partition coefficient (Wildman–Crippen LogP) is 6.21. The van der Waals surface area contributed by atoms with E-state index < -0.39 is 23.2 Å². The normalized spacial score (nSPS) is 20.1. The quantitative estimate of drug-likeness (QED) is 0.423. The Labute approximate surface area is 236 Å². The highest BCUT2D eigenvalue weighted by molar-refractivity contribution is 6.32. The summed E-state index contributed by atoms with van der Waals surface area (Å²) in [6.07, 6.45) is 4.93. The van der Waals surface area contributed by atoms with Crippen LogP contribution in [0.3, 0.4) is 0 Å². The van der Waals surface area contributed by atoms with Crippen molar-refractivity contribution in [1.82, 2.24) is 10.2 Å². The molecule has 1 aliphatic carbocycles. The van der Waals surface area contributed by atoms with Crippen molar-refractivity contribution in [1.29, 1.82) is 0 Å². The van der Waals surface area contributed by atoms with Gasteiger partial charge in [0, 0.05) is 19.1 Å². The molecule has 2 aromatic carbocycles. The zero-order valence-electron chi connectivity index (χ0n) is 23.2. The van der Waals surface area contributed by atoms with Gasteiger partial charge in [0.15, 0.2) is 0 Å². The third-order valence-electron chi connectivity index (χ3n) is 7.48. The van der Waals surface area contributed by atoms with E-state index >= 15 is 0 Å². The van der Waals surface area contributed by atoms with Gasteiger partial charge in [0.1, 0.15) is 18.0 Å². The summed E-state index contributed by atoms with van der Waals surface area (Å²) in [5.41, 5.74) is -0.0400. The van der Waals surface area contributed by atoms with Crippen LogP contribution >= 0.6 is 11.6 Å². The van der Waals surface area contributed by atoms with Crippen LogP contribution in [-0.4, -0.2) is 52.3 Å². The molecular weight excluding hydrogens is 516 g/mol. The van der Waals surface area contributed by atoms with E-state index in [-0.39, 0.29) is 11.9 Å². The zero-order chi connectivity index (χ0) is 28.0. The first-order valence-electron chi connectivity index (χ1n) is 14.0. The van der Waals surface area contributed by atoms with Crippen molar-refractivity contribution in [3.8, 4) is 5.75 Å². The lowest BCUT2D eigenvalue weighted by atomic mass is 9.72. The number of alkyl carbamates (subject to hydrolysis) is 1. The molecule has 1 saturated heterocycles. The molecule has 4 rings (SSSR count). The topological polar surface area (TPSA) is 88.1 Å². The van der Waals surface area contributed by atoms with Gasteiger partial charge >= 0.3 is 6.09 Å². The molecule has 0 spiro atoms. The maximum absolute atomic E-state index is 14.1. The number of rotatable bonds is 7. The number of hydrogen-bond donors (Lipinski definition) is 2. The molecule has 2 aromatic rings. The fraction of sp³-hybridized carbons (Fsp3) is 0.548. The number of nitrogens with one attached hydrogen (secondary N) is 1. The van der Waals surface area contributed by atoms with Crippen LogP contribution in [0.5, 0.6) is 5.75 Å². The number of hydrogen-bond acceptors (Lipinski definition) is 5. The predicted molar refractivity (Wildman–Crippen MR) is 152 cm³/mol. The van der Waals surface area contributed by atoms with Crippen LogP contribution in [0.4, 0.5) is 4.79 Å². The summed E-state index contributed by atoms with van der Waals surface area (Å²) in [4.78, 5) is 28.3. The van der Waals surface area contributed by atoms with Gasteiger partial charge < -0.3 is 24.8 Å². The molecular formula is C31H41ClN2O5. The molecule has 1 aliphatic heterocycles. The first kappa shape index (κ1) is 29.2. The standard InChI is InChI=1S/C31H41ClN2O5/c1-30(2,3)39-29(36)33-24-13-10-18-34(20-24)28(35)27(31(37)16-8-5-9-17-31)23-14-15-26(25(32)19-23)38-21-22-11-6-4-7-12-22/h4,6-7,11-12,14-15,19,24,27,37H,5,8-10,13,16-18,20-21H2,1-3H3,(H,33,36)/t24-,27?/m0/s1. The maximum Gasteiger partial charge on any atom is 0.407 e. The van der Waals surface area contributed by atoms with Gasteiger partial charge in [0.05, 0.1) is 16.5 Å². The molecule has 212 valence electrons. The van der Waals surface area contributed by atoms with Gasteiger partial charge in [-0.25, -0.2) is 4.79 Å². The second kappa shape index (κ2) is 12.6. The number of piperidine rings is 1. The number of amides is 2. The average molecular weight is 557 g/mol. The van der Waals surface area contributed by atoms with E-state index in [4.69, 9.17) is 21.1 Å². The van der Waals surface area contributed by atoms with Gasteiger partial charge in [0.2, 0.25) is 5.91 Å². The Bertz CT molecular complexity index is 1130. The number of likely N-dealkylation sites (tertiary alicyclic amines) is 1. The lowest BCUT2D eigenvalue weighted by Gasteiger charge is -2.42. The molecule has 0 bridgehead atoms. The van der Waals surface area contributed by atoms with Crippen LogP contribution < -0.4 is 10.1 Å². The van der Waals surface area contributed by atoms with Crippen LogP contribution in [0.15, 0.2) is 48.5 Å². The van der Waals surface area contributed by atoms with Crippen LogP contribution in [0.25, 0.3) is 0 Å². The van der Waals surface area contributed by atoms with E-state index in [1.165, 1.54) is 0 Å². The minimum absolute atomic E-state index is 0.135. The summed E-state index contributed by atoms with van der Waals surface area (Å²) < 4.78 is 11.4. The number of carbonyl (C=O) groups is 2. The van der Waals surface area contributed by atoms with Gasteiger partial charge in [-0.2, -0.15) is 0 Å². The minimum atomic E-state index is -1.16. The largest absolute Gasteiger partial charge is 0.487 e. The molecule has 2 atom stereocenters. The van der Waals surface area contributed by atoms with Crippen molar-refractivity contribution < 1.29 is 24.2 Å². The second-order valence-electron chi connectivity index (χ2n) is 11.8. The summed E-state index contributed by atoms with van der Waals surface area (Å²) in [6.45, 7) is 6.79. The Kier molecular flexibility index (Phi) is 9.44. The average Bonchev–Trinajstić information content (AvgIpc) is 2.88. The summed E-state index contributed by atoms with van der Waals surface area (Å²) in [5, 5.41) is 15.1. The van der Waals surface area contributed by atoms with E-state index in [9.17, 15) is 14.7 Å². The molecule has 39 heavy (non-hydrogen) atoms. The van der Waals surface area contributed by atoms with Crippen molar-refractivity contribution in [2.75, 3.05) is 13.1 Å². The van der Waals surface area contributed by atoms with E-state index in [0.717, 1.165) is 37.7 Å². The SMILES string of the molecule is CC(C)(C)OC(=O)N[C@H]1CCCN(C(=O)C(c2ccc(OCc3ccccc3)c(Cl)c2)C2(O)CCCCC2)C1. The highest BCUT2D eigenvalue weighted by Gasteiger charge is 2.45. The van der Waals surface area contributed by atoms with Gasteiger partial charge in [-0.3, -0.25) is 4.79 Å². The monoisotopic (exact) mass is 556 g/mol. The van der Waals surface area contributed by atoms with Crippen molar-refractivity contribution in [3.63, 3.8) is 0 Å². The summed E-state index contributed by atoms with van der Waals surface area (Å²) in [5.74, 6) is -0.353. The Morgan fingerprint density at radius 1 is 1.10 bits per heavy atom. The molecule has 0 aromatic heterocycles. The third kappa shape index (κ3) is 7.89. The number of aliphatic hydroxyl groups is 1. The number of nitrogens with zero attached hydrogens (tertiary/aromatic N) is 1. The van der Waals surface area contributed by atoms with Crippen LogP contribution in [-0.2, 0) is 16.1 Å². The number of carbonyl (C=O) groups excluding carboxylic acids is 2. The smallest absolute Gasteiger partial charge is 0.407 e. The molecule has 1 saturated carbocycles. The first-order valence-corrected chi connectivity index (χ1v) is 14.4.